The quantitative estimate of drug-likeness (QED) is 0.608. The normalized spacial score (nSPS) is 14.9. The summed E-state index contributed by atoms with van der Waals surface area (Å²) in [7, 11) is 1.48. The number of hydrogen-bond acceptors (Lipinski definition) is 5. The van der Waals surface area contributed by atoms with Crippen molar-refractivity contribution in [1.82, 2.24) is 9.47 Å². The van der Waals surface area contributed by atoms with Crippen LogP contribution < -0.4 is 4.90 Å². The van der Waals surface area contributed by atoms with Crippen LogP contribution in [0.25, 0.3) is 10.2 Å². The van der Waals surface area contributed by atoms with Crippen LogP contribution >= 0.6 is 11.3 Å². The molecule has 30 heavy (non-hydrogen) atoms. The SMILES string of the molecule is Cc1cc2cc(C(=O)c3ccc(N(C)C(=O)O)cc3)sc2n1CCN1CCOCC1. The molecule has 2 aromatic heterocycles. The summed E-state index contributed by atoms with van der Waals surface area (Å²) in [6.07, 6.45) is -1.04. The van der Waals surface area contributed by atoms with Crippen molar-refractivity contribution in [2.45, 2.75) is 13.5 Å². The Hall–Kier alpha value is -2.68. The van der Waals surface area contributed by atoms with Crippen molar-refractivity contribution in [1.29, 1.82) is 0 Å². The van der Waals surface area contributed by atoms with Crippen molar-refractivity contribution in [3.05, 3.63) is 52.5 Å². The summed E-state index contributed by atoms with van der Waals surface area (Å²) in [5.74, 6) is -0.0434. The third-order valence-corrected chi connectivity index (χ3v) is 6.72. The van der Waals surface area contributed by atoms with Crippen LogP contribution in [-0.2, 0) is 11.3 Å². The van der Waals surface area contributed by atoms with Crippen LogP contribution in [0.5, 0.6) is 0 Å². The van der Waals surface area contributed by atoms with Gasteiger partial charge in [0.15, 0.2) is 0 Å². The van der Waals surface area contributed by atoms with Gasteiger partial charge in [0.05, 0.1) is 18.1 Å². The van der Waals surface area contributed by atoms with E-state index in [4.69, 9.17) is 9.84 Å². The zero-order chi connectivity index (χ0) is 21.3. The van der Waals surface area contributed by atoms with E-state index in [-0.39, 0.29) is 5.78 Å². The molecule has 1 saturated heterocycles. The second-order valence-corrected chi connectivity index (χ2v) is 8.51. The third kappa shape index (κ3) is 4.12. The van der Waals surface area contributed by atoms with Crippen LogP contribution in [0.15, 0.2) is 36.4 Å². The Morgan fingerprint density at radius 3 is 2.50 bits per heavy atom. The molecule has 1 aliphatic rings. The molecule has 1 fully saturated rings. The summed E-state index contributed by atoms with van der Waals surface area (Å²) in [6, 6.07) is 10.8. The highest BCUT2D eigenvalue weighted by atomic mass is 32.1. The van der Waals surface area contributed by atoms with Crippen LogP contribution in [0.2, 0.25) is 0 Å². The number of amides is 1. The van der Waals surface area contributed by atoms with E-state index in [2.05, 4.69) is 22.5 Å². The van der Waals surface area contributed by atoms with Crippen LogP contribution in [0.3, 0.4) is 0 Å². The maximum atomic E-state index is 13.0. The van der Waals surface area contributed by atoms with Crippen LogP contribution in [0.1, 0.15) is 20.9 Å². The van der Waals surface area contributed by atoms with Gasteiger partial charge in [-0.05, 0) is 43.3 Å². The van der Waals surface area contributed by atoms with Crippen molar-refractivity contribution in [3.63, 3.8) is 0 Å². The van der Waals surface area contributed by atoms with Crippen molar-refractivity contribution in [2.75, 3.05) is 44.8 Å². The lowest BCUT2D eigenvalue weighted by Crippen LogP contribution is -2.38. The van der Waals surface area contributed by atoms with Crippen LogP contribution in [-0.4, -0.2) is 66.3 Å². The molecule has 0 saturated carbocycles. The number of nitrogens with zero attached hydrogens (tertiary/aromatic N) is 3. The number of carbonyl (C=O) groups excluding carboxylic acids is 1. The summed E-state index contributed by atoms with van der Waals surface area (Å²) >= 11 is 1.52. The fourth-order valence-electron chi connectivity index (χ4n) is 3.72. The van der Waals surface area contributed by atoms with Crippen LogP contribution in [0, 0.1) is 6.92 Å². The maximum Gasteiger partial charge on any atom is 0.411 e. The molecule has 1 N–H and O–H groups in total. The van der Waals surface area contributed by atoms with E-state index in [1.165, 1.54) is 24.1 Å². The largest absolute Gasteiger partial charge is 0.465 e. The number of hydrogen-bond donors (Lipinski definition) is 1. The van der Waals surface area contributed by atoms with Gasteiger partial charge in [0, 0.05) is 55.6 Å². The van der Waals surface area contributed by atoms with E-state index in [0.29, 0.717) is 16.1 Å². The van der Waals surface area contributed by atoms with Crippen molar-refractivity contribution in [3.8, 4) is 0 Å². The third-order valence-electron chi connectivity index (χ3n) is 5.55. The summed E-state index contributed by atoms with van der Waals surface area (Å²) in [4.78, 5) is 29.4. The Balaban J connectivity index is 1.52. The Kier molecular flexibility index (Phi) is 5.90. The zero-order valence-corrected chi connectivity index (χ0v) is 17.9. The van der Waals surface area contributed by atoms with Gasteiger partial charge in [-0.25, -0.2) is 4.79 Å². The fourth-order valence-corrected chi connectivity index (χ4v) is 4.90. The average molecular weight is 428 g/mol. The summed E-state index contributed by atoms with van der Waals surface area (Å²) in [5, 5.41) is 10.2. The molecule has 0 aliphatic carbocycles. The van der Waals surface area contributed by atoms with Gasteiger partial charge >= 0.3 is 6.09 Å². The van der Waals surface area contributed by atoms with Crippen molar-refractivity contribution >= 4 is 39.1 Å². The smallest absolute Gasteiger partial charge is 0.411 e. The number of aryl methyl sites for hydroxylation is 1. The molecule has 1 aliphatic heterocycles. The first-order chi connectivity index (χ1) is 14.4. The minimum absolute atomic E-state index is 0.0434. The molecule has 3 heterocycles. The van der Waals surface area contributed by atoms with E-state index in [1.54, 1.807) is 24.3 Å². The van der Waals surface area contributed by atoms with Gasteiger partial charge in [-0.3, -0.25) is 14.6 Å². The monoisotopic (exact) mass is 427 g/mol. The Morgan fingerprint density at radius 2 is 1.83 bits per heavy atom. The standard InChI is InChI=1S/C22H25N3O4S/c1-15-13-17-14-19(20(26)16-3-5-18(6-4-16)23(2)22(27)28)30-21(17)25(15)8-7-24-9-11-29-12-10-24/h3-6,13-14H,7-12H2,1-2H3,(H,27,28). The second kappa shape index (κ2) is 8.59. The zero-order valence-electron chi connectivity index (χ0n) is 17.1. The molecule has 0 unspecified atom stereocenters. The minimum Gasteiger partial charge on any atom is -0.465 e. The van der Waals surface area contributed by atoms with Gasteiger partial charge < -0.3 is 14.4 Å². The molecular weight excluding hydrogens is 402 g/mol. The van der Waals surface area contributed by atoms with Gasteiger partial charge in [-0.15, -0.1) is 11.3 Å². The first-order valence-corrected chi connectivity index (χ1v) is 10.8. The molecule has 1 aromatic carbocycles. The molecule has 4 rings (SSSR count). The number of carboxylic acid groups (broad SMARTS) is 1. The molecular formula is C22H25N3O4S. The van der Waals surface area contributed by atoms with E-state index in [0.717, 1.165) is 54.5 Å². The molecule has 0 bridgehead atoms. The molecule has 0 atom stereocenters. The number of rotatable bonds is 6. The molecule has 0 spiro atoms. The predicted octanol–water partition coefficient (Wildman–Crippen LogP) is 3.69. The lowest BCUT2D eigenvalue weighted by molar-refractivity contribution is 0.0365. The number of benzene rings is 1. The highest BCUT2D eigenvalue weighted by molar-refractivity contribution is 7.20. The minimum atomic E-state index is -1.04. The number of fused-ring (bicyclic) bond motifs is 1. The molecule has 7 nitrogen and oxygen atoms in total. The summed E-state index contributed by atoms with van der Waals surface area (Å²) in [5.41, 5.74) is 2.28. The van der Waals surface area contributed by atoms with Gasteiger partial charge in [-0.2, -0.15) is 0 Å². The average Bonchev–Trinajstić information content (AvgIpc) is 3.29. The number of aromatic nitrogens is 1. The number of ether oxygens (including phenoxy) is 1. The van der Waals surface area contributed by atoms with E-state index in [9.17, 15) is 9.59 Å². The van der Waals surface area contributed by atoms with Gasteiger partial charge in [0.25, 0.3) is 0 Å². The highest BCUT2D eigenvalue weighted by Gasteiger charge is 2.18. The summed E-state index contributed by atoms with van der Waals surface area (Å²) in [6.45, 7) is 7.46. The van der Waals surface area contributed by atoms with Crippen molar-refractivity contribution < 1.29 is 19.4 Å². The second-order valence-electron chi connectivity index (χ2n) is 7.48. The number of morpholine rings is 1. The fraction of sp³-hybridized carbons (Fsp3) is 0.364. The molecule has 8 heteroatoms. The summed E-state index contributed by atoms with van der Waals surface area (Å²) < 4.78 is 7.71. The Labute approximate surface area is 179 Å². The molecule has 158 valence electrons. The number of ketones is 1. The number of anilines is 1. The first kappa shape index (κ1) is 20.6. The Morgan fingerprint density at radius 1 is 1.13 bits per heavy atom. The van der Waals surface area contributed by atoms with Gasteiger partial charge in [0.2, 0.25) is 5.78 Å². The molecule has 3 aromatic rings. The van der Waals surface area contributed by atoms with E-state index in [1.807, 2.05) is 6.07 Å². The predicted molar refractivity (Wildman–Crippen MR) is 118 cm³/mol. The van der Waals surface area contributed by atoms with Crippen LogP contribution in [0.4, 0.5) is 10.5 Å². The number of carbonyl (C=O) groups is 2. The maximum absolute atomic E-state index is 13.0. The lowest BCUT2D eigenvalue weighted by atomic mass is 10.1. The first-order valence-electron chi connectivity index (χ1n) is 9.95. The van der Waals surface area contributed by atoms with Gasteiger partial charge in [-0.1, -0.05) is 0 Å². The van der Waals surface area contributed by atoms with E-state index < -0.39 is 6.09 Å². The highest BCUT2D eigenvalue weighted by Crippen LogP contribution is 2.31. The lowest BCUT2D eigenvalue weighted by Gasteiger charge is -2.26. The molecule has 1 amide bonds. The van der Waals surface area contributed by atoms with Crippen molar-refractivity contribution in [2.24, 2.45) is 0 Å². The molecule has 0 radical (unpaired) electrons. The topological polar surface area (TPSA) is 75.0 Å². The van der Waals surface area contributed by atoms with E-state index >= 15 is 0 Å². The Bertz CT molecular complexity index is 1060. The number of thiophene rings is 1. The van der Waals surface area contributed by atoms with Gasteiger partial charge in [0.1, 0.15) is 4.83 Å².